The van der Waals surface area contributed by atoms with E-state index in [4.69, 9.17) is 4.42 Å². The van der Waals surface area contributed by atoms with Gasteiger partial charge in [-0.2, -0.15) is 5.26 Å². The number of nitriles is 1. The van der Waals surface area contributed by atoms with E-state index in [1.807, 2.05) is 42.7 Å². The quantitative estimate of drug-likeness (QED) is 0.440. The second kappa shape index (κ2) is 9.41. The molecule has 0 bridgehead atoms. The normalized spacial score (nSPS) is 14.7. The van der Waals surface area contributed by atoms with E-state index in [1.54, 1.807) is 6.33 Å². The Morgan fingerprint density at radius 2 is 2.24 bits per heavy atom. The number of aromatic nitrogens is 3. The van der Waals surface area contributed by atoms with Gasteiger partial charge in [-0.25, -0.2) is 0 Å². The molecule has 0 saturated heterocycles. The van der Waals surface area contributed by atoms with Crippen molar-refractivity contribution in [2.24, 2.45) is 0 Å². The minimum Gasteiger partial charge on any atom is -0.462 e. The van der Waals surface area contributed by atoms with Gasteiger partial charge in [-0.3, -0.25) is 4.79 Å². The Morgan fingerprint density at radius 3 is 2.94 bits per heavy atom. The Kier molecular flexibility index (Phi) is 6.58. The highest BCUT2D eigenvalue weighted by Crippen LogP contribution is 2.47. The number of nitrogens with zero attached hydrogens (tertiary/aromatic N) is 4. The predicted molar refractivity (Wildman–Crippen MR) is 132 cm³/mol. The number of hydrogen-bond donors (Lipinski definition) is 1. The molecule has 3 aromatic heterocycles. The van der Waals surface area contributed by atoms with E-state index in [1.165, 1.54) is 23.1 Å². The largest absolute Gasteiger partial charge is 0.462 e. The van der Waals surface area contributed by atoms with Gasteiger partial charge in [0.2, 0.25) is 5.91 Å². The summed E-state index contributed by atoms with van der Waals surface area (Å²) >= 11 is 2.82. The predicted octanol–water partition coefficient (Wildman–Crippen LogP) is 5.64. The first-order valence-corrected chi connectivity index (χ1v) is 12.4. The summed E-state index contributed by atoms with van der Waals surface area (Å²) in [5, 5.41) is 22.1. The Bertz CT molecular complexity index is 1290. The van der Waals surface area contributed by atoms with Crippen LogP contribution in [-0.4, -0.2) is 26.4 Å². The standard InChI is InChI=1S/C24H25N5O2S2/c1-5-29-14-26-28-23(29)32-13-20(30)27-22-19(12-25)18-10-16(11-24(3,4)21(18)33-22)7-9-17-8-6-15(2)31-17/h6-10,14H,5,11,13H2,1-4H3,(H,27,30)/b9-7+. The van der Waals surface area contributed by atoms with Crippen molar-refractivity contribution < 1.29 is 9.21 Å². The number of thiophene rings is 1. The average Bonchev–Trinajstić information content (AvgIpc) is 3.48. The highest BCUT2D eigenvalue weighted by Gasteiger charge is 2.33. The minimum atomic E-state index is -0.171. The molecule has 1 aliphatic carbocycles. The van der Waals surface area contributed by atoms with Crippen molar-refractivity contribution in [1.82, 2.24) is 14.8 Å². The lowest BCUT2D eigenvalue weighted by Crippen LogP contribution is -2.20. The van der Waals surface area contributed by atoms with E-state index in [2.05, 4.69) is 41.5 Å². The van der Waals surface area contributed by atoms with E-state index >= 15 is 0 Å². The molecule has 1 N–H and O–H groups in total. The lowest BCUT2D eigenvalue weighted by molar-refractivity contribution is -0.113. The zero-order valence-corrected chi connectivity index (χ0v) is 20.6. The Hall–Kier alpha value is -3.09. The maximum atomic E-state index is 12.6. The Balaban J connectivity index is 1.55. The van der Waals surface area contributed by atoms with Crippen molar-refractivity contribution in [3.63, 3.8) is 0 Å². The smallest absolute Gasteiger partial charge is 0.235 e. The fourth-order valence-electron chi connectivity index (χ4n) is 3.82. The molecule has 9 heteroatoms. The van der Waals surface area contributed by atoms with Crippen molar-refractivity contribution in [2.45, 2.75) is 51.2 Å². The van der Waals surface area contributed by atoms with Crippen LogP contribution in [0.1, 0.15) is 54.7 Å². The van der Waals surface area contributed by atoms with Crippen LogP contribution in [0, 0.1) is 18.3 Å². The fraction of sp³-hybridized carbons (Fsp3) is 0.333. The fourth-order valence-corrected chi connectivity index (χ4v) is 5.84. The molecule has 4 rings (SSSR count). The van der Waals surface area contributed by atoms with E-state index < -0.39 is 0 Å². The van der Waals surface area contributed by atoms with Crippen molar-refractivity contribution in [1.29, 1.82) is 5.26 Å². The van der Waals surface area contributed by atoms with Crippen LogP contribution >= 0.6 is 23.1 Å². The summed E-state index contributed by atoms with van der Waals surface area (Å²) in [6, 6.07) is 6.18. The molecule has 0 atom stereocenters. The number of allylic oxidation sites excluding steroid dienone is 2. The number of furan rings is 1. The van der Waals surface area contributed by atoms with Gasteiger partial charge in [-0.15, -0.1) is 21.5 Å². The zero-order chi connectivity index (χ0) is 23.6. The molecule has 0 aliphatic heterocycles. The number of thioether (sulfide) groups is 1. The summed E-state index contributed by atoms with van der Waals surface area (Å²) in [5.41, 5.74) is 2.36. The van der Waals surface area contributed by atoms with Crippen LogP contribution in [-0.2, 0) is 16.8 Å². The summed E-state index contributed by atoms with van der Waals surface area (Å²) in [6.07, 6.45) is 8.52. The number of aryl methyl sites for hydroxylation is 2. The van der Waals surface area contributed by atoms with E-state index in [-0.39, 0.29) is 17.1 Å². The summed E-state index contributed by atoms with van der Waals surface area (Å²) in [7, 11) is 0. The van der Waals surface area contributed by atoms with E-state index in [9.17, 15) is 10.1 Å². The molecule has 33 heavy (non-hydrogen) atoms. The molecule has 0 fully saturated rings. The van der Waals surface area contributed by atoms with Gasteiger partial charge in [0.05, 0.1) is 11.3 Å². The molecular weight excluding hydrogens is 454 g/mol. The van der Waals surface area contributed by atoms with Crippen LogP contribution < -0.4 is 5.32 Å². The number of fused-ring (bicyclic) bond motifs is 1. The average molecular weight is 480 g/mol. The summed E-state index contributed by atoms with van der Waals surface area (Å²) in [4.78, 5) is 13.8. The molecular formula is C24H25N5O2S2. The summed E-state index contributed by atoms with van der Waals surface area (Å²) in [5.74, 6) is 1.69. The Morgan fingerprint density at radius 1 is 1.42 bits per heavy atom. The SMILES string of the molecule is CCn1cnnc1SCC(=O)Nc1sc2c(c1C#N)C=C(/C=C/c1ccc(C)o1)CC2(C)C. The number of hydrogen-bond acceptors (Lipinski definition) is 7. The number of carbonyl (C=O) groups excluding carboxylic acids is 1. The van der Waals surface area contributed by atoms with Crippen LogP contribution in [0.4, 0.5) is 5.00 Å². The van der Waals surface area contributed by atoms with Gasteiger partial charge in [0, 0.05) is 22.4 Å². The van der Waals surface area contributed by atoms with Crippen molar-refractivity contribution >= 4 is 46.2 Å². The molecule has 170 valence electrons. The molecule has 1 aliphatic rings. The molecule has 0 spiro atoms. The number of nitrogens with one attached hydrogen (secondary N) is 1. The van der Waals surface area contributed by atoms with E-state index in [0.717, 1.165) is 40.5 Å². The third-order valence-corrected chi connectivity index (χ3v) is 7.84. The van der Waals surface area contributed by atoms with Gasteiger partial charge in [0.15, 0.2) is 5.16 Å². The molecule has 0 unspecified atom stereocenters. The van der Waals surface area contributed by atoms with Crippen molar-refractivity contribution in [2.75, 3.05) is 11.1 Å². The second-order valence-corrected chi connectivity index (χ2v) is 10.4. The maximum absolute atomic E-state index is 12.6. The molecule has 1 amide bonds. The number of carbonyl (C=O) groups is 1. The first-order valence-electron chi connectivity index (χ1n) is 10.6. The van der Waals surface area contributed by atoms with Gasteiger partial charge in [0.25, 0.3) is 0 Å². The van der Waals surface area contributed by atoms with Crippen LogP contribution in [0.2, 0.25) is 0 Å². The van der Waals surface area contributed by atoms with Gasteiger partial charge < -0.3 is 14.3 Å². The van der Waals surface area contributed by atoms with E-state index in [0.29, 0.717) is 15.7 Å². The highest BCUT2D eigenvalue weighted by molar-refractivity contribution is 7.99. The number of amides is 1. The number of anilines is 1. The molecule has 0 saturated carbocycles. The van der Waals surface area contributed by atoms with Crippen LogP contribution in [0.3, 0.4) is 0 Å². The molecule has 3 heterocycles. The van der Waals surface area contributed by atoms with Gasteiger partial charge in [-0.05, 0) is 50.1 Å². The van der Waals surface area contributed by atoms with Crippen LogP contribution in [0.5, 0.6) is 0 Å². The second-order valence-electron chi connectivity index (χ2n) is 8.46. The van der Waals surface area contributed by atoms with Gasteiger partial charge in [-0.1, -0.05) is 31.7 Å². The first kappa shape index (κ1) is 23.1. The lowest BCUT2D eigenvalue weighted by atomic mass is 9.77. The summed E-state index contributed by atoms with van der Waals surface area (Å²) in [6.45, 7) is 8.99. The third kappa shape index (κ3) is 4.97. The number of rotatable bonds is 7. The van der Waals surface area contributed by atoms with Gasteiger partial charge in [0.1, 0.15) is 28.9 Å². The minimum absolute atomic E-state index is 0.158. The van der Waals surface area contributed by atoms with Crippen LogP contribution in [0.25, 0.3) is 12.2 Å². The molecule has 0 aromatic carbocycles. The van der Waals surface area contributed by atoms with Crippen molar-refractivity contribution in [3.8, 4) is 6.07 Å². The highest BCUT2D eigenvalue weighted by atomic mass is 32.2. The molecule has 3 aromatic rings. The molecule has 0 radical (unpaired) electrons. The monoisotopic (exact) mass is 479 g/mol. The third-order valence-electron chi connectivity index (χ3n) is 5.38. The van der Waals surface area contributed by atoms with Crippen molar-refractivity contribution in [3.05, 3.63) is 57.6 Å². The Labute approximate surface area is 201 Å². The maximum Gasteiger partial charge on any atom is 0.235 e. The first-order chi connectivity index (χ1) is 15.8. The lowest BCUT2D eigenvalue weighted by Gasteiger charge is -2.29. The van der Waals surface area contributed by atoms with Gasteiger partial charge >= 0.3 is 0 Å². The zero-order valence-electron chi connectivity index (χ0n) is 19.0. The summed E-state index contributed by atoms with van der Waals surface area (Å²) < 4.78 is 7.51. The molecule has 7 nitrogen and oxygen atoms in total. The topological polar surface area (TPSA) is 96.7 Å². The van der Waals surface area contributed by atoms with Crippen LogP contribution in [0.15, 0.2) is 39.7 Å².